The highest BCUT2D eigenvalue weighted by atomic mass is 127. The van der Waals surface area contributed by atoms with E-state index in [1.807, 2.05) is 39.2 Å². The Morgan fingerprint density at radius 1 is 1.11 bits per heavy atom. The van der Waals surface area contributed by atoms with Gasteiger partial charge >= 0.3 is 0 Å². The third kappa shape index (κ3) is 6.82. The van der Waals surface area contributed by atoms with Crippen LogP contribution in [0.1, 0.15) is 12.5 Å². The maximum absolute atomic E-state index is 5.62. The van der Waals surface area contributed by atoms with Gasteiger partial charge in [-0.1, -0.05) is 12.1 Å². The molecule has 0 saturated heterocycles. The Balaban J connectivity index is 0.00000364. The molecule has 0 atom stereocenters. The van der Waals surface area contributed by atoms with Crippen LogP contribution in [-0.4, -0.2) is 40.8 Å². The fraction of sp³-hybridized carbons (Fsp3) is 0.350. The Kier molecular flexibility index (Phi) is 9.77. The summed E-state index contributed by atoms with van der Waals surface area (Å²) < 4.78 is 10.9. The Morgan fingerprint density at radius 3 is 2.52 bits per heavy atom. The summed E-state index contributed by atoms with van der Waals surface area (Å²) in [5.41, 5.74) is 3.23. The summed E-state index contributed by atoms with van der Waals surface area (Å²) >= 11 is 0. The highest BCUT2D eigenvalue weighted by Gasteiger charge is 2.07. The summed E-state index contributed by atoms with van der Waals surface area (Å²) in [5, 5.41) is 6.61. The lowest BCUT2D eigenvalue weighted by molar-refractivity contribution is 0.311. The van der Waals surface area contributed by atoms with E-state index in [0.717, 1.165) is 5.69 Å². The highest BCUT2D eigenvalue weighted by molar-refractivity contribution is 14.0. The zero-order valence-corrected chi connectivity index (χ0v) is 18.9. The number of hydrogen-bond acceptors (Lipinski definition) is 4. The highest BCUT2D eigenvalue weighted by Crippen LogP contribution is 2.30. The van der Waals surface area contributed by atoms with E-state index in [4.69, 9.17) is 9.47 Å². The lowest BCUT2D eigenvalue weighted by atomic mass is 10.2. The van der Waals surface area contributed by atoms with E-state index in [2.05, 4.69) is 44.8 Å². The van der Waals surface area contributed by atoms with Crippen molar-refractivity contribution in [3.63, 3.8) is 0 Å². The second-order valence-electron chi connectivity index (χ2n) is 5.91. The molecule has 0 aliphatic carbocycles. The second-order valence-corrected chi connectivity index (χ2v) is 5.91. The first-order valence-corrected chi connectivity index (χ1v) is 8.62. The fourth-order valence-corrected chi connectivity index (χ4v) is 2.47. The van der Waals surface area contributed by atoms with Crippen LogP contribution in [0.25, 0.3) is 0 Å². The zero-order chi connectivity index (χ0) is 18.9. The van der Waals surface area contributed by atoms with Crippen LogP contribution in [0.5, 0.6) is 11.5 Å². The van der Waals surface area contributed by atoms with Gasteiger partial charge < -0.3 is 25.0 Å². The number of guanidine groups is 1. The first-order chi connectivity index (χ1) is 12.6. The van der Waals surface area contributed by atoms with Gasteiger partial charge in [0.25, 0.3) is 0 Å². The summed E-state index contributed by atoms with van der Waals surface area (Å²) in [6, 6.07) is 14.1. The average Bonchev–Trinajstić information content (AvgIpc) is 2.65. The molecule has 0 aliphatic rings. The van der Waals surface area contributed by atoms with Crippen LogP contribution in [0.2, 0.25) is 0 Å². The SMILES string of the molecule is CCOc1cc(NC(=NC)NCc2cccc(N(C)C)c2)ccc1OC.I. The number of anilines is 2. The predicted octanol–water partition coefficient (Wildman–Crippen LogP) is 3.97. The molecule has 0 heterocycles. The molecule has 148 valence electrons. The molecular weight excluding hydrogens is 455 g/mol. The van der Waals surface area contributed by atoms with Gasteiger partial charge in [0, 0.05) is 45.1 Å². The molecular formula is C20H29IN4O2. The van der Waals surface area contributed by atoms with Gasteiger partial charge in [0.15, 0.2) is 17.5 Å². The predicted molar refractivity (Wildman–Crippen MR) is 124 cm³/mol. The van der Waals surface area contributed by atoms with E-state index in [1.54, 1.807) is 14.2 Å². The lowest BCUT2D eigenvalue weighted by Crippen LogP contribution is -2.30. The monoisotopic (exact) mass is 484 g/mol. The van der Waals surface area contributed by atoms with E-state index in [1.165, 1.54) is 11.3 Å². The van der Waals surface area contributed by atoms with Crippen LogP contribution in [-0.2, 0) is 6.54 Å². The number of aliphatic imine (C=N–C) groups is 1. The summed E-state index contributed by atoms with van der Waals surface area (Å²) in [6.45, 7) is 3.20. The van der Waals surface area contributed by atoms with Gasteiger partial charge in [0.05, 0.1) is 13.7 Å². The first-order valence-electron chi connectivity index (χ1n) is 8.62. The standard InChI is InChI=1S/C20H28N4O2.HI/c1-6-26-19-13-16(10-11-18(19)25-5)23-20(21-2)22-14-15-8-7-9-17(12-15)24(3)4;/h7-13H,6,14H2,1-5H3,(H2,21,22,23);1H. The van der Waals surface area contributed by atoms with Crippen molar-refractivity contribution in [3.8, 4) is 11.5 Å². The van der Waals surface area contributed by atoms with Crippen LogP contribution in [0.4, 0.5) is 11.4 Å². The molecule has 0 aromatic heterocycles. The Hall–Kier alpha value is -2.16. The van der Waals surface area contributed by atoms with E-state index in [-0.39, 0.29) is 24.0 Å². The number of hydrogen-bond donors (Lipinski definition) is 2. The number of nitrogens with zero attached hydrogens (tertiary/aromatic N) is 2. The zero-order valence-electron chi connectivity index (χ0n) is 16.6. The number of nitrogens with one attached hydrogen (secondary N) is 2. The molecule has 0 saturated carbocycles. The number of methoxy groups -OCH3 is 1. The van der Waals surface area contributed by atoms with Crippen molar-refractivity contribution in [2.24, 2.45) is 4.99 Å². The lowest BCUT2D eigenvalue weighted by Gasteiger charge is -2.16. The first kappa shape index (κ1) is 22.9. The molecule has 6 nitrogen and oxygen atoms in total. The Morgan fingerprint density at radius 2 is 1.89 bits per heavy atom. The molecule has 0 spiro atoms. The molecule has 7 heteroatoms. The van der Waals surface area contributed by atoms with Gasteiger partial charge in [-0.05, 0) is 36.8 Å². The number of ether oxygens (including phenoxy) is 2. The summed E-state index contributed by atoms with van der Waals surface area (Å²) in [4.78, 5) is 6.37. The van der Waals surface area contributed by atoms with Crippen LogP contribution < -0.4 is 25.0 Å². The summed E-state index contributed by atoms with van der Waals surface area (Å²) in [5.74, 6) is 2.10. The number of benzene rings is 2. The Labute approximate surface area is 179 Å². The molecule has 0 aliphatic heterocycles. The largest absolute Gasteiger partial charge is 0.493 e. The molecule has 0 fully saturated rings. The van der Waals surface area contributed by atoms with Crippen molar-refractivity contribution >= 4 is 41.3 Å². The quantitative estimate of drug-likeness (QED) is 0.354. The maximum atomic E-state index is 5.62. The minimum absolute atomic E-state index is 0. The van der Waals surface area contributed by atoms with Gasteiger partial charge in [-0.15, -0.1) is 24.0 Å². The molecule has 2 aromatic rings. The maximum Gasteiger partial charge on any atom is 0.195 e. The van der Waals surface area contributed by atoms with Gasteiger partial charge in [0.1, 0.15) is 0 Å². The van der Waals surface area contributed by atoms with Crippen molar-refractivity contribution in [2.45, 2.75) is 13.5 Å². The number of rotatable bonds is 7. The topological polar surface area (TPSA) is 58.1 Å². The van der Waals surface area contributed by atoms with E-state index in [0.29, 0.717) is 30.6 Å². The van der Waals surface area contributed by atoms with Gasteiger partial charge in [-0.3, -0.25) is 4.99 Å². The molecule has 2 aromatic carbocycles. The smallest absolute Gasteiger partial charge is 0.195 e. The molecule has 2 rings (SSSR count). The van der Waals surface area contributed by atoms with E-state index < -0.39 is 0 Å². The normalized spacial score (nSPS) is 10.6. The van der Waals surface area contributed by atoms with Crippen molar-refractivity contribution in [1.82, 2.24) is 5.32 Å². The van der Waals surface area contributed by atoms with Crippen LogP contribution in [0.3, 0.4) is 0 Å². The fourth-order valence-electron chi connectivity index (χ4n) is 2.47. The minimum Gasteiger partial charge on any atom is -0.493 e. The van der Waals surface area contributed by atoms with Gasteiger partial charge in [0.2, 0.25) is 0 Å². The van der Waals surface area contributed by atoms with E-state index in [9.17, 15) is 0 Å². The van der Waals surface area contributed by atoms with Crippen LogP contribution >= 0.6 is 24.0 Å². The van der Waals surface area contributed by atoms with Gasteiger partial charge in [-0.25, -0.2) is 0 Å². The average molecular weight is 484 g/mol. The third-order valence-corrected chi connectivity index (χ3v) is 3.84. The third-order valence-electron chi connectivity index (χ3n) is 3.84. The van der Waals surface area contributed by atoms with Crippen molar-refractivity contribution in [3.05, 3.63) is 48.0 Å². The summed E-state index contributed by atoms with van der Waals surface area (Å²) in [7, 11) is 7.45. The Bertz CT molecular complexity index is 751. The van der Waals surface area contributed by atoms with Crippen LogP contribution in [0, 0.1) is 0 Å². The van der Waals surface area contributed by atoms with Crippen molar-refractivity contribution < 1.29 is 9.47 Å². The second kappa shape index (κ2) is 11.5. The van der Waals surface area contributed by atoms with Crippen molar-refractivity contribution in [2.75, 3.05) is 45.1 Å². The molecule has 0 radical (unpaired) electrons. The van der Waals surface area contributed by atoms with Crippen LogP contribution in [0.15, 0.2) is 47.5 Å². The van der Waals surface area contributed by atoms with E-state index >= 15 is 0 Å². The van der Waals surface area contributed by atoms with Crippen molar-refractivity contribution in [1.29, 1.82) is 0 Å². The molecule has 27 heavy (non-hydrogen) atoms. The van der Waals surface area contributed by atoms with Gasteiger partial charge in [-0.2, -0.15) is 0 Å². The minimum atomic E-state index is 0. The molecule has 0 unspecified atom stereocenters. The molecule has 0 bridgehead atoms. The number of halogens is 1. The molecule has 0 amide bonds. The summed E-state index contributed by atoms with van der Waals surface area (Å²) in [6.07, 6.45) is 0. The molecule has 2 N–H and O–H groups in total.